The van der Waals surface area contributed by atoms with Gasteiger partial charge in [-0.25, -0.2) is 0 Å². The van der Waals surface area contributed by atoms with E-state index < -0.39 is 4.92 Å². The maximum absolute atomic E-state index is 10.7. The number of rotatable bonds is 5. The summed E-state index contributed by atoms with van der Waals surface area (Å²) in [5.74, 6) is 0.0757. The summed E-state index contributed by atoms with van der Waals surface area (Å²) in [5, 5.41) is 22.0. The molecule has 0 heterocycles. The number of halogens is 1. The zero-order valence-electron chi connectivity index (χ0n) is 8.67. The molecule has 92 valence electrons. The second kappa shape index (κ2) is 5.90. The zero-order valence-corrected chi connectivity index (χ0v) is 9.42. The van der Waals surface area contributed by atoms with Crippen molar-refractivity contribution >= 4 is 23.1 Å². The van der Waals surface area contributed by atoms with Crippen LogP contribution in [0.4, 0.5) is 5.69 Å². The Hall–Kier alpha value is -2.02. The topological polar surface area (TPSA) is 111 Å². The van der Waals surface area contributed by atoms with Crippen molar-refractivity contribution in [1.29, 1.82) is 0 Å². The van der Waals surface area contributed by atoms with Crippen LogP contribution in [0, 0.1) is 10.1 Å². The second-order valence-corrected chi connectivity index (χ2v) is 3.50. The maximum Gasteiger partial charge on any atom is 0.312 e. The molecule has 0 saturated heterocycles. The quantitative estimate of drug-likeness (QED) is 0.275. The first-order chi connectivity index (χ1) is 8.04. The molecule has 0 unspecified atom stereocenters. The van der Waals surface area contributed by atoms with E-state index in [2.05, 4.69) is 5.16 Å². The van der Waals surface area contributed by atoms with Crippen LogP contribution in [0.3, 0.4) is 0 Å². The average molecular weight is 260 g/mol. The van der Waals surface area contributed by atoms with Crippen LogP contribution < -0.4 is 10.5 Å². The minimum Gasteiger partial charge on any atom is -0.486 e. The van der Waals surface area contributed by atoms with E-state index in [1.807, 2.05) is 0 Å². The van der Waals surface area contributed by atoms with Gasteiger partial charge in [0.25, 0.3) is 0 Å². The summed E-state index contributed by atoms with van der Waals surface area (Å²) in [7, 11) is 0. The average Bonchev–Trinajstić information content (AvgIpc) is 2.30. The summed E-state index contributed by atoms with van der Waals surface area (Å²) in [6.07, 6.45) is 0.163. The van der Waals surface area contributed by atoms with Crippen molar-refractivity contribution in [1.82, 2.24) is 0 Å². The molecule has 1 aromatic carbocycles. The molecule has 0 bridgehead atoms. The van der Waals surface area contributed by atoms with Gasteiger partial charge >= 0.3 is 5.69 Å². The number of hydrogen-bond donors (Lipinski definition) is 2. The van der Waals surface area contributed by atoms with Crippen LogP contribution in [0.5, 0.6) is 5.75 Å². The van der Waals surface area contributed by atoms with Gasteiger partial charge in [0, 0.05) is 17.5 Å². The third-order valence-electron chi connectivity index (χ3n) is 1.86. The highest BCUT2D eigenvalue weighted by Crippen LogP contribution is 2.29. The Morgan fingerprint density at radius 3 is 2.94 bits per heavy atom. The van der Waals surface area contributed by atoms with E-state index >= 15 is 0 Å². The summed E-state index contributed by atoms with van der Waals surface area (Å²) in [4.78, 5) is 10.1. The Kier molecular flexibility index (Phi) is 4.53. The number of nitrogens with zero attached hydrogens (tertiary/aromatic N) is 2. The van der Waals surface area contributed by atoms with E-state index in [-0.39, 0.29) is 35.3 Å². The number of hydrogen-bond acceptors (Lipinski definition) is 5. The first kappa shape index (κ1) is 13.0. The molecule has 0 fully saturated rings. The molecule has 3 N–H and O–H groups in total. The van der Waals surface area contributed by atoms with E-state index in [0.29, 0.717) is 0 Å². The highest BCUT2D eigenvalue weighted by molar-refractivity contribution is 6.30. The molecule has 1 rings (SSSR count). The lowest BCUT2D eigenvalue weighted by Gasteiger charge is -2.06. The highest BCUT2D eigenvalue weighted by Gasteiger charge is 2.15. The van der Waals surface area contributed by atoms with Crippen molar-refractivity contribution in [2.45, 2.75) is 6.42 Å². The van der Waals surface area contributed by atoms with Gasteiger partial charge in [-0.1, -0.05) is 16.8 Å². The smallest absolute Gasteiger partial charge is 0.312 e. The first-order valence-corrected chi connectivity index (χ1v) is 4.95. The predicted octanol–water partition coefficient (Wildman–Crippen LogP) is 1.76. The summed E-state index contributed by atoms with van der Waals surface area (Å²) in [6.45, 7) is 0.0678. The fraction of sp³-hybridized carbons (Fsp3) is 0.222. The Balaban J connectivity index is 2.74. The van der Waals surface area contributed by atoms with Crippen molar-refractivity contribution in [3.63, 3.8) is 0 Å². The van der Waals surface area contributed by atoms with Crippen molar-refractivity contribution in [2.24, 2.45) is 10.9 Å². The Bertz CT molecular complexity index is 450. The molecule has 0 saturated carbocycles. The lowest BCUT2D eigenvalue weighted by molar-refractivity contribution is -0.385. The standard InChI is InChI=1S/C9H10ClN3O4/c10-6-1-2-8(7(5-6)13(15)16)17-4-3-9(11)12-14/h1-2,5,14H,3-4H2,(H2,11,12). The number of ether oxygens (including phenoxy) is 1. The minimum atomic E-state index is -0.593. The van der Waals surface area contributed by atoms with Crippen LogP contribution in [0.2, 0.25) is 5.02 Å². The van der Waals surface area contributed by atoms with E-state index in [1.54, 1.807) is 0 Å². The Morgan fingerprint density at radius 2 is 2.35 bits per heavy atom. The normalized spacial score (nSPS) is 11.2. The molecular formula is C9H10ClN3O4. The molecular weight excluding hydrogens is 250 g/mol. The molecule has 0 radical (unpaired) electrons. The van der Waals surface area contributed by atoms with Crippen LogP contribution in [0.25, 0.3) is 0 Å². The molecule has 0 spiro atoms. The van der Waals surface area contributed by atoms with Crippen LogP contribution in [-0.4, -0.2) is 22.6 Å². The molecule has 0 aliphatic rings. The van der Waals surface area contributed by atoms with Gasteiger partial charge in [0.05, 0.1) is 11.5 Å². The molecule has 8 heteroatoms. The van der Waals surface area contributed by atoms with Crippen LogP contribution in [0.15, 0.2) is 23.4 Å². The number of nitro groups is 1. The number of nitro benzene ring substituents is 1. The van der Waals surface area contributed by atoms with Crippen molar-refractivity contribution < 1.29 is 14.9 Å². The monoisotopic (exact) mass is 259 g/mol. The van der Waals surface area contributed by atoms with E-state index in [4.69, 9.17) is 27.3 Å². The fourth-order valence-electron chi connectivity index (χ4n) is 1.07. The first-order valence-electron chi connectivity index (χ1n) is 4.57. The van der Waals surface area contributed by atoms with Gasteiger partial charge < -0.3 is 15.7 Å². The maximum atomic E-state index is 10.7. The largest absolute Gasteiger partial charge is 0.486 e. The molecule has 0 aliphatic carbocycles. The molecule has 0 amide bonds. The lowest BCUT2D eigenvalue weighted by atomic mass is 10.3. The SMILES string of the molecule is N/C(CCOc1ccc(Cl)cc1[N+](=O)[O-])=N\O. The zero-order chi connectivity index (χ0) is 12.8. The van der Waals surface area contributed by atoms with Gasteiger partial charge in [-0.15, -0.1) is 0 Å². The lowest BCUT2D eigenvalue weighted by Crippen LogP contribution is -2.15. The molecule has 0 aliphatic heterocycles. The summed E-state index contributed by atoms with van der Waals surface area (Å²) in [6, 6.07) is 4.07. The van der Waals surface area contributed by atoms with Crippen LogP contribution >= 0.6 is 11.6 Å². The molecule has 17 heavy (non-hydrogen) atoms. The molecule has 0 atom stereocenters. The Morgan fingerprint density at radius 1 is 1.65 bits per heavy atom. The Labute approximate surface area is 102 Å². The number of nitrogens with two attached hydrogens (primary N) is 1. The third kappa shape index (κ3) is 3.80. The fourth-order valence-corrected chi connectivity index (χ4v) is 1.24. The van der Waals surface area contributed by atoms with Crippen molar-refractivity contribution in [3.05, 3.63) is 33.3 Å². The molecule has 1 aromatic rings. The third-order valence-corrected chi connectivity index (χ3v) is 2.10. The minimum absolute atomic E-state index is 0.0124. The number of benzene rings is 1. The number of oxime groups is 1. The van der Waals surface area contributed by atoms with Crippen molar-refractivity contribution in [3.8, 4) is 5.75 Å². The van der Waals surface area contributed by atoms with E-state index in [0.717, 1.165) is 0 Å². The van der Waals surface area contributed by atoms with Gasteiger partial charge in [-0.2, -0.15) is 0 Å². The summed E-state index contributed by atoms with van der Waals surface area (Å²) in [5.41, 5.74) is 5.00. The highest BCUT2D eigenvalue weighted by atomic mass is 35.5. The van der Waals surface area contributed by atoms with Crippen molar-refractivity contribution in [2.75, 3.05) is 6.61 Å². The van der Waals surface area contributed by atoms with E-state index in [1.165, 1.54) is 18.2 Å². The second-order valence-electron chi connectivity index (χ2n) is 3.06. The van der Waals surface area contributed by atoms with Gasteiger partial charge in [0.15, 0.2) is 5.75 Å². The van der Waals surface area contributed by atoms with Gasteiger partial charge in [0.2, 0.25) is 0 Å². The van der Waals surface area contributed by atoms with Crippen LogP contribution in [0.1, 0.15) is 6.42 Å². The van der Waals surface area contributed by atoms with E-state index in [9.17, 15) is 10.1 Å². The molecule has 7 nitrogen and oxygen atoms in total. The van der Waals surface area contributed by atoms with Crippen LogP contribution in [-0.2, 0) is 0 Å². The summed E-state index contributed by atoms with van der Waals surface area (Å²) < 4.78 is 5.15. The van der Waals surface area contributed by atoms with Gasteiger partial charge in [0.1, 0.15) is 5.84 Å². The molecule has 0 aromatic heterocycles. The summed E-state index contributed by atoms with van der Waals surface area (Å²) >= 11 is 5.64. The van der Waals surface area contributed by atoms with Gasteiger partial charge in [-0.3, -0.25) is 10.1 Å². The predicted molar refractivity (Wildman–Crippen MR) is 61.6 cm³/mol. The van der Waals surface area contributed by atoms with Gasteiger partial charge in [-0.05, 0) is 12.1 Å². The number of amidine groups is 1.